The molecule has 0 aromatic heterocycles. The largest absolute Gasteiger partial charge is 0.300 e. The molecule has 1 aliphatic carbocycles. The second kappa shape index (κ2) is 4.44. The van der Waals surface area contributed by atoms with Crippen LogP contribution in [-0.4, -0.2) is 5.78 Å². The highest BCUT2D eigenvalue weighted by Crippen LogP contribution is 2.32. The van der Waals surface area contributed by atoms with E-state index in [1.807, 2.05) is 6.08 Å². The number of hydrogen-bond acceptors (Lipinski definition) is 1. The van der Waals surface area contributed by atoms with Crippen molar-refractivity contribution in [3.63, 3.8) is 0 Å². The van der Waals surface area contributed by atoms with Gasteiger partial charge in [-0.3, -0.25) is 4.79 Å². The first-order valence-corrected chi connectivity index (χ1v) is 4.87. The van der Waals surface area contributed by atoms with Crippen molar-refractivity contribution in [1.29, 1.82) is 0 Å². The molecular formula is C11H18O. The van der Waals surface area contributed by atoms with Crippen molar-refractivity contribution in [3.05, 3.63) is 12.7 Å². The van der Waals surface area contributed by atoms with Crippen molar-refractivity contribution in [3.8, 4) is 0 Å². The third kappa shape index (κ3) is 2.20. The zero-order valence-corrected chi connectivity index (χ0v) is 7.88. The van der Waals surface area contributed by atoms with Crippen LogP contribution in [0.3, 0.4) is 0 Å². The van der Waals surface area contributed by atoms with Crippen LogP contribution in [0.25, 0.3) is 0 Å². The van der Waals surface area contributed by atoms with E-state index in [-0.39, 0.29) is 0 Å². The summed E-state index contributed by atoms with van der Waals surface area (Å²) in [5, 5.41) is 0. The molecule has 0 aliphatic heterocycles. The monoisotopic (exact) mass is 166 g/mol. The van der Waals surface area contributed by atoms with Crippen molar-refractivity contribution in [1.82, 2.24) is 0 Å². The number of Topliss-reactive ketones (excluding diaryl/α,β-unsaturated/α-hetero) is 1. The van der Waals surface area contributed by atoms with Gasteiger partial charge in [-0.1, -0.05) is 18.9 Å². The second-order valence-electron chi connectivity index (χ2n) is 3.79. The molecule has 0 aromatic rings. The van der Waals surface area contributed by atoms with Crippen molar-refractivity contribution in [2.75, 3.05) is 0 Å². The van der Waals surface area contributed by atoms with E-state index in [0.717, 1.165) is 12.8 Å². The summed E-state index contributed by atoms with van der Waals surface area (Å²) < 4.78 is 0. The second-order valence-corrected chi connectivity index (χ2v) is 3.79. The molecule has 1 nitrogen and oxygen atoms in total. The lowest BCUT2D eigenvalue weighted by atomic mass is 9.76. The van der Waals surface area contributed by atoms with Gasteiger partial charge < -0.3 is 0 Å². The highest BCUT2D eigenvalue weighted by atomic mass is 16.1. The third-order valence-electron chi connectivity index (χ3n) is 2.90. The van der Waals surface area contributed by atoms with Gasteiger partial charge in [-0.25, -0.2) is 0 Å². The van der Waals surface area contributed by atoms with Gasteiger partial charge in [0.25, 0.3) is 0 Å². The van der Waals surface area contributed by atoms with Gasteiger partial charge in [0, 0.05) is 5.92 Å². The Hall–Kier alpha value is -0.590. The van der Waals surface area contributed by atoms with E-state index in [0.29, 0.717) is 17.6 Å². The number of ketones is 1. The summed E-state index contributed by atoms with van der Waals surface area (Å²) in [6.45, 7) is 5.47. The van der Waals surface area contributed by atoms with Crippen LogP contribution in [0.15, 0.2) is 12.7 Å². The van der Waals surface area contributed by atoms with E-state index in [4.69, 9.17) is 0 Å². The van der Waals surface area contributed by atoms with E-state index >= 15 is 0 Å². The van der Waals surface area contributed by atoms with E-state index in [1.54, 1.807) is 6.92 Å². The van der Waals surface area contributed by atoms with Crippen LogP contribution in [-0.2, 0) is 4.79 Å². The van der Waals surface area contributed by atoms with Crippen LogP contribution in [0, 0.1) is 11.8 Å². The first kappa shape index (κ1) is 9.50. The average Bonchev–Trinajstić information content (AvgIpc) is 2.05. The fourth-order valence-electron chi connectivity index (χ4n) is 2.24. The number of carbonyl (C=O) groups is 1. The van der Waals surface area contributed by atoms with Crippen molar-refractivity contribution in [2.24, 2.45) is 11.8 Å². The topological polar surface area (TPSA) is 17.1 Å². The fraction of sp³-hybridized carbons (Fsp3) is 0.727. The number of rotatable bonds is 3. The van der Waals surface area contributed by atoms with Crippen molar-refractivity contribution >= 4 is 5.78 Å². The molecule has 0 amide bonds. The van der Waals surface area contributed by atoms with Crippen LogP contribution in [0.2, 0.25) is 0 Å². The minimum absolute atomic E-state index is 0.330. The van der Waals surface area contributed by atoms with Crippen LogP contribution in [0.1, 0.15) is 39.0 Å². The quantitative estimate of drug-likeness (QED) is 0.589. The molecule has 1 saturated carbocycles. The molecule has 0 unspecified atom stereocenters. The third-order valence-corrected chi connectivity index (χ3v) is 2.90. The van der Waals surface area contributed by atoms with Crippen LogP contribution in [0.5, 0.6) is 0 Å². The number of hydrogen-bond donors (Lipinski definition) is 0. The molecule has 68 valence electrons. The van der Waals surface area contributed by atoms with Gasteiger partial charge in [0.15, 0.2) is 0 Å². The van der Waals surface area contributed by atoms with Gasteiger partial charge in [-0.05, 0) is 32.1 Å². The lowest BCUT2D eigenvalue weighted by molar-refractivity contribution is -0.123. The molecule has 0 bridgehead atoms. The molecule has 0 aromatic carbocycles. The van der Waals surface area contributed by atoms with Gasteiger partial charge in [0.1, 0.15) is 5.78 Å². The van der Waals surface area contributed by atoms with Crippen LogP contribution < -0.4 is 0 Å². The molecule has 1 fully saturated rings. The summed E-state index contributed by atoms with van der Waals surface area (Å²) in [5.41, 5.74) is 0. The van der Waals surface area contributed by atoms with Gasteiger partial charge in [0.2, 0.25) is 0 Å². The van der Waals surface area contributed by atoms with Crippen LogP contribution >= 0.6 is 0 Å². The molecule has 0 heterocycles. The predicted molar refractivity (Wildman–Crippen MR) is 50.9 cm³/mol. The molecule has 1 heteroatoms. The average molecular weight is 166 g/mol. The Morgan fingerprint density at radius 2 is 2.17 bits per heavy atom. The lowest BCUT2D eigenvalue weighted by Gasteiger charge is -2.28. The minimum atomic E-state index is 0.330. The summed E-state index contributed by atoms with van der Waals surface area (Å²) in [6.07, 6.45) is 7.82. The standard InChI is InChI=1S/C11H18O/c1-3-6-10-7-4-5-8-11(10)9(2)12/h3,10-11H,1,4-8H2,2H3/t10-,11+/m0/s1. The van der Waals surface area contributed by atoms with Gasteiger partial charge in [-0.2, -0.15) is 0 Å². The minimum Gasteiger partial charge on any atom is -0.300 e. The Balaban J connectivity index is 2.53. The predicted octanol–water partition coefficient (Wildman–Crippen LogP) is 2.96. The van der Waals surface area contributed by atoms with Crippen molar-refractivity contribution in [2.45, 2.75) is 39.0 Å². The van der Waals surface area contributed by atoms with Crippen molar-refractivity contribution < 1.29 is 4.79 Å². The zero-order chi connectivity index (χ0) is 8.97. The maximum Gasteiger partial charge on any atom is 0.133 e. The first-order chi connectivity index (χ1) is 5.75. The van der Waals surface area contributed by atoms with E-state index in [9.17, 15) is 4.79 Å². The maximum atomic E-state index is 11.2. The first-order valence-electron chi connectivity index (χ1n) is 4.87. The highest BCUT2D eigenvalue weighted by Gasteiger charge is 2.26. The molecule has 0 N–H and O–H groups in total. The molecule has 2 atom stereocenters. The summed E-state index contributed by atoms with van der Waals surface area (Å²) in [5.74, 6) is 1.30. The molecular weight excluding hydrogens is 148 g/mol. The summed E-state index contributed by atoms with van der Waals surface area (Å²) in [7, 11) is 0. The Labute approximate surface area is 74.9 Å². The Kier molecular flexibility index (Phi) is 3.51. The van der Waals surface area contributed by atoms with Gasteiger partial charge >= 0.3 is 0 Å². The molecule has 0 radical (unpaired) electrons. The summed E-state index contributed by atoms with van der Waals surface area (Å²) >= 11 is 0. The number of allylic oxidation sites excluding steroid dienone is 1. The Morgan fingerprint density at radius 3 is 2.75 bits per heavy atom. The molecule has 0 saturated heterocycles. The number of carbonyl (C=O) groups excluding carboxylic acids is 1. The van der Waals surface area contributed by atoms with E-state index in [2.05, 4.69) is 6.58 Å². The normalized spacial score (nSPS) is 29.8. The van der Waals surface area contributed by atoms with Crippen LogP contribution in [0.4, 0.5) is 0 Å². The molecule has 12 heavy (non-hydrogen) atoms. The van der Waals surface area contributed by atoms with E-state index < -0.39 is 0 Å². The maximum absolute atomic E-state index is 11.2. The lowest BCUT2D eigenvalue weighted by Crippen LogP contribution is -2.24. The van der Waals surface area contributed by atoms with Gasteiger partial charge in [0.05, 0.1) is 0 Å². The Bertz CT molecular complexity index is 172. The molecule has 1 aliphatic rings. The molecule has 1 rings (SSSR count). The summed E-state index contributed by atoms with van der Waals surface area (Å²) in [6, 6.07) is 0. The highest BCUT2D eigenvalue weighted by molar-refractivity contribution is 5.78. The SMILES string of the molecule is C=CC[C@H]1CCCC[C@@H]1C(C)=O. The zero-order valence-electron chi connectivity index (χ0n) is 7.88. The van der Waals surface area contributed by atoms with E-state index in [1.165, 1.54) is 19.3 Å². The summed E-state index contributed by atoms with van der Waals surface area (Å²) in [4.78, 5) is 11.2. The smallest absolute Gasteiger partial charge is 0.133 e. The molecule has 0 spiro atoms. The Morgan fingerprint density at radius 1 is 1.50 bits per heavy atom. The van der Waals surface area contributed by atoms with Gasteiger partial charge in [-0.15, -0.1) is 6.58 Å². The fourth-order valence-corrected chi connectivity index (χ4v) is 2.24.